The van der Waals surface area contributed by atoms with Gasteiger partial charge in [0.05, 0.1) is 23.0 Å². The Labute approximate surface area is 94.8 Å². The van der Waals surface area contributed by atoms with Crippen molar-refractivity contribution in [2.45, 2.75) is 32.4 Å². The van der Waals surface area contributed by atoms with Crippen molar-refractivity contribution < 1.29 is 9.84 Å². The van der Waals surface area contributed by atoms with Crippen LogP contribution in [-0.4, -0.2) is 28.6 Å². The third kappa shape index (κ3) is 2.93. The van der Waals surface area contributed by atoms with Crippen molar-refractivity contribution in [2.24, 2.45) is 0 Å². The quantitative estimate of drug-likeness (QED) is 0.847. The monoisotopic (exact) mass is 232 g/mol. The fourth-order valence-corrected chi connectivity index (χ4v) is 1.70. The first kappa shape index (κ1) is 12.5. The predicted molar refractivity (Wildman–Crippen MR) is 59.1 cm³/mol. The van der Waals surface area contributed by atoms with Gasteiger partial charge in [0.2, 0.25) is 0 Å². The molecule has 1 unspecified atom stereocenters. The van der Waals surface area contributed by atoms with Crippen LogP contribution in [0.5, 0.6) is 0 Å². The highest BCUT2D eigenvalue weighted by Crippen LogP contribution is 2.27. The van der Waals surface area contributed by atoms with Crippen molar-refractivity contribution in [1.29, 1.82) is 0 Å². The van der Waals surface area contributed by atoms with Crippen molar-refractivity contribution in [3.8, 4) is 0 Å². The second-order valence-electron chi connectivity index (χ2n) is 3.71. The van der Waals surface area contributed by atoms with Crippen LogP contribution in [0.25, 0.3) is 0 Å². The molecule has 0 bridgehead atoms. The van der Waals surface area contributed by atoms with Crippen LogP contribution in [-0.2, 0) is 4.74 Å². The summed E-state index contributed by atoms with van der Waals surface area (Å²) < 4.78 is 6.66. The van der Waals surface area contributed by atoms with Gasteiger partial charge in [-0.2, -0.15) is 5.10 Å². The number of aliphatic hydroxyl groups is 1. The van der Waals surface area contributed by atoms with Gasteiger partial charge in [0.15, 0.2) is 0 Å². The molecule has 1 rings (SSSR count). The van der Waals surface area contributed by atoms with Crippen molar-refractivity contribution >= 4 is 11.6 Å². The van der Waals surface area contributed by atoms with Crippen LogP contribution < -0.4 is 0 Å². The number of nitrogens with zero attached hydrogens (tertiary/aromatic N) is 2. The number of ether oxygens (including phenoxy) is 1. The molecule has 0 aliphatic heterocycles. The summed E-state index contributed by atoms with van der Waals surface area (Å²) >= 11 is 5.98. The first-order valence-electron chi connectivity index (χ1n) is 4.97. The average Bonchev–Trinajstić information content (AvgIpc) is 2.56. The lowest BCUT2D eigenvalue weighted by Crippen LogP contribution is -2.13. The van der Waals surface area contributed by atoms with Gasteiger partial charge >= 0.3 is 0 Å². The van der Waals surface area contributed by atoms with Crippen LogP contribution in [0.2, 0.25) is 5.02 Å². The molecule has 15 heavy (non-hydrogen) atoms. The summed E-state index contributed by atoms with van der Waals surface area (Å²) in [6, 6.07) is 0.185. The minimum atomic E-state index is -0.623. The predicted octanol–water partition coefficient (Wildman–Crippen LogP) is 2.19. The van der Waals surface area contributed by atoms with E-state index in [0.29, 0.717) is 23.7 Å². The highest BCUT2D eigenvalue weighted by Gasteiger charge is 2.19. The summed E-state index contributed by atoms with van der Waals surface area (Å²) in [5.41, 5.74) is 0.670. The summed E-state index contributed by atoms with van der Waals surface area (Å²) in [5, 5.41) is 14.6. The van der Waals surface area contributed by atoms with Crippen LogP contribution in [0.15, 0.2) is 6.20 Å². The number of halogens is 1. The first-order chi connectivity index (χ1) is 7.07. The van der Waals surface area contributed by atoms with E-state index in [1.54, 1.807) is 18.0 Å². The molecule has 0 fully saturated rings. The Morgan fingerprint density at radius 1 is 1.60 bits per heavy atom. The molecule has 1 heterocycles. The lowest BCUT2D eigenvalue weighted by Gasteiger charge is -2.16. The lowest BCUT2D eigenvalue weighted by molar-refractivity contribution is 0.103. The van der Waals surface area contributed by atoms with Crippen molar-refractivity contribution in [3.63, 3.8) is 0 Å². The highest BCUT2D eigenvalue weighted by atomic mass is 35.5. The highest BCUT2D eigenvalue weighted by molar-refractivity contribution is 6.31. The normalized spacial score (nSPS) is 13.5. The fraction of sp³-hybridized carbons (Fsp3) is 0.700. The zero-order valence-electron chi connectivity index (χ0n) is 9.27. The van der Waals surface area contributed by atoms with Crippen LogP contribution in [0.4, 0.5) is 0 Å². The largest absolute Gasteiger partial charge is 0.387 e. The van der Waals surface area contributed by atoms with Gasteiger partial charge in [-0.15, -0.1) is 0 Å². The molecule has 0 spiro atoms. The number of aromatic nitrogens is 2. The zero-order valence-corrected chi connectivity index (χ0v) is 10.0. The van der Waals surface area contributed by atoms with Gasteiger partial charge in [-0.25, -0.2) is 0 Å². The molecule has 1 aromatic heterocycles. The van der Waals surface area contributed by atoms with Gasteiger partial charge < -0.3 is 9.84 Å². The standard InChI is InChI=1S/C10H17ClN2O2/c1-7(2)13-10(8(11)6-12-13)9(14)4-5-15-3/h6-7,9,14H,4-5H2,1-3H3. The molecule has 4 nitrogen and oxygen atoms in total. The van der Waals surface area contributed by atoms with Gasteiger partial charge in [-0.05, 0) is 13.8 Å². The lowest BCUT2D eigenvalue weighted by atomic mass is 10.2. The van der Waals surface area contributed by atoms with E-state index in [1.807, 2.05) is 13.8 Å². The number of rotatable bonds is 5. The molecule has 0 aliphatic rings. The molecule has 0 aromatic carbocycles. The molecular weight excluding hydrogens is 216 g/mol. The third-order valence-corrected chi connectivity index (χ3v) is 2.48. The Morgan fingerprint density at radius 3 is 2.80 bits per heavy atom. The molecule has 1 N–H and O–H groups in total. The van der Waals surface area contributed by atoms with Crippen LogP contribution in [0.1, 0.15) is 38.1 Å². The second-order valence-corrected chi connectivity index (χ2v) is 4.12. The van der Waals surface area contributed by atoms with Gasteiger partial charge in [0, 0.05) is 26.2 Å². The van der Waals surface area contributed by atoms with E-state index in [4.69, 9.17) is 16.3 Å². The van der Waals surface area contributed by atoms with Crippen LogP contribution in [0, 0.1) is 0 Å². The second kappa shape index (κ2) is 5.49. The third-order valence-electron chi connectivity index (χ3n) is 2.19. The molecule has 1 aromatic rings. The van der Waals surface area contributed by atoms with Crippen molar-refractivity contribution in [2.75, 3.05) is 13.7 Å². The molecule has 0 saturated heterocycles. The molecule has 1 atom stereocenters. The van der Waals surface area contributed by atoms with E-state index >= 15 is 0 Å². The Balaban J connectivity index is 2.85. The van der Waals surface area contributed by atoms with Crippen molar-refractivity contribution in [1.82, 2.24) is 9.78 Å². The maximum atomic E-state index is 9.93. The summed E-state index contributed by atoms with van der Waals surface area (Å²) in [6.45, 7) is 4.49. The number of hydrogen-bond donors (Lipinski definition) is 1. The minimum absolute atomic E-state index is 0.185. The Hall–Kier alpha value is -0.580. The van der Waals surface area contributed by atoms with E-state index in [2.05, 4.69) is 5.10 Å². The maximum absolute atomic E-state index is 9.93. The zero-order chi connectivity index (χ0) is 11.4. The van der Waals surface area contributed by atoms with Gasteiger partial charge in [-0.3, -0.25) is 4.68 Å². The number of aliphatic hydroxyl groups excluding tert-OH is 1. The molecule has 0 aliphatic carbocycles. The molecule has 86 valence electrons. The number of methoxy groups -OCH3 is 1. The Bertz CT molecular complexity index is 312. The van der Waals surface area contributed by atoms with Gasteiger partial charge in [0.1, 0.15) is 0 Å². The first-order valence-corrected chi connectivity index (χ1v) is 5.35. The summed E-state index contributed by atoms with van der Waals surface area (Å²) in [6.07, 6.45) is 1.46. The summed E-state index contributed by atoms with van der Waals surface area (Å²) in [7, 11) is 1.61. The fourth-order valence-electron chi connectivity index (χ4n) is 1.44. The molecule has 5 heteroatoms. The maximum Gasteiger partial charge on any atom is 0.0993 e. The van der Waals surface area contributed by atoms with Crippen LogP contribution in [0.3, 0.4) is 0 Å². The Kier molecular flexibility index (Phi) is 4.57. The van der Waals surface area contributed by atoms with Gasteiger partial charge in [-0.1, -0.05) is 11.6 Å². The van der Waals surface area contributed by atoms with E-state index in [-0.39, 0.29) is 6.04 Å². The smallest absolute Gasteiger partial charge is 0.0993 e. The van der Waals surface area contributed by atoms with E-state index in [9.17, 15) is 5.11 Å². The molecule has 0 amide bonds. The van der Waals surface area contributed by atoms with E-state index in [0.717, 1.165) is 0 Å². The summed E-state index contributed by atoms with van der Waals surface area (Å²) in [5.74, 6) is 0. The van der Waals surface area contributed by atoms with E-state index in [1.165, 1.54) is 0 Å². The van der Waals surface area contributed by atoms with Crippen LogP contribution >= 0.6 is 11.6 Å². The molecule has 0 saturated carbocycles. The average molecular weight is 233 g/mol. The summed E-state index contributed by atoms with van der Waals surface area (Å²) in [4.78, 5) is 0. The van der Waals surface area contributed by atoms with Gasteiger partial charge in [0.25, 0.3) is 0 Å². The van der Waals surface area contributed by atoms with E-state index < -0.39 is 6.10 Å². The Morgan fingerprint density at radius 2 is 2.27 bits per heavy atom. The number of hydrogen-bond acceptors (Lipinski definition) is 3. The molecule has 0 radical (unpaired) electrons. The topological polar surface area (TPSA) is 47.3 Å². The van der Waals surface area contributed by atoms with Crippen molar-refractivity contribution in [3.05, 3.63) is 16.9 Å². The SMILES string of the molecule is COCCC(O)c1c(Cl)cnn1C(C)C. The minimum Gasteiger partial charge on any atom is -0.387 e. The molecular formula is C10H17ClN2O2.